The van der Waals surface area contributed by atoms with Crippen molar-refractivity contribution in [2.45, 2.75) is 12.5 Å². The number of nitrogens with zero attached hydrogens (tertiary/aromatic N) is 1. The van der Waals surface area contributed by atoms with Gasteiger partial charge in [0.2, 0.25) is 5.91 Å². The molecule has 0 aliphatic heterocycles. The Morgan fingerprint density at radius 3 is 2.86 bits per heavy atom. The van der Waals surface area contributed by atoms with Gasteiger partial charge in [-0.15, -0.1) is 11.3 Å². The van der Waals surface area contributed by atoms with E-state index in [4.69, 9.17) is 5.73 Å². The van der Waals surface area contributed by atoms with Crippen LogP contribution in [0.5, 0.6) is 0 Å². The Morgan fingerprint density at radius 2 is 2.18 bits per heavy atom. The molecule has 3 N–H and O–H groups in total. The number of anilines is 1. The van der Waals surface area contributed by atoms with E-state index in [1.165, 1.54) is 18.6 Å². The van der Waals surface area contributed by atoms with Crippen molar-refractivity contribution in [3.8, 4) is 0 Å². The number of thiazole rings is 1. The van der Waals surface area contributed by atoms with Crippen molar-refractivity contribution in [3.05, 3.63) is 46.7 Å². The maximum absolute atomic E-state index is 13.5. The molecule has 0 unspecified atom stereocenters. The third-order valence-corrected chi connectivity index (χ3v) is 3.62. The van der Waals surface area contributed by atoms with Gasteiger partial charge in [0.05, 0.1) is 13.2 Å². The summed E-state index contributed by atoms with van der Waals surface area (Å²) in [5.41, 5.74) is 6.23. The van der Waals surface area contributed by atoms with Crippen LogP contribution in [0.3, 0.4) is 0 Å². The number of benzene rings is 1. The minimum atomic E-state index is -0.928. The zero-order valence-corrected chi connectivity index (χ0v) is 12.5. The number of aromatic nitrogens is 1. The van der Waals surface area contributed by atoms with Crippen LogP contribution >= 0.6 is 11.3 Å². The van der Waals surface area contributed by atoms with Gasteiger partial charge < -0.3 is 15.8 Å². The third-order valence-electron chi connectivity index (χ3n) is 2.86. The number of carbonyl (C=O) groups excluding carboxylic acids is 2. The molecule has 0 aliphatic rings. The van der Waals surface area contributed by atoms with E-state index in [0.717, 1.165) is 11.3 Å². The van der Waals surface area contributed by atoms with Crippen LogP contribution in [0.25, 0.3) is 0 Å². The predicted molar refractivity (Wildman–Crippen MR) is 80.2 cm³/mol. The molecule has 0 fully saturated rings. The first-order valence-electron chi connectivity index (χ1n) is 6.35. The van der Waals surface area contributed by atoms with Crippen LogP contribution in [0.1, 0.15) is 16.1 Å². The molecular formula is C14H14FN3O3S. The summed E-state index contributed by atoms with van der Waals surface area (Å²) in [7, 11) is 1.24. The first-order chi connectivity index (χ1) is 10.5. The smallest absolute Gasteiger partial charge is 0.357 e. The molecule has 2 rings (SSSR count). The number of nitrogens with one attached hydrogen (secondary N) is 1. The summed E-state index contributed by atoms with van der Waals surface area (Å²) in [4.78, 5) is 27.1. The highest BCUT2D eigenvalue weighted by atomic mass is 32.1. The Balaban J connectivity index is 1.98. The Kier molecular flexibility index (Phi) is 5.18. The van der Waals surface area contributed by atoms with Crippen molar-refractivity contribution < 1.29 is 18.7 Å². The first kappa shape index (κ1) is 16.1. The molecule has 0 spiro atoms. The molecule has 1 amide bonds. The molecule has 22 heavy (non-hydrogen) atoms. The van der Waals surface area contributed by atoms with Crippen molar-refractivity contribution in [1.29, 1.82) is 0 Å². The van der Waals surface area contributed by atoms with Crippen LogP contribution < -0.4 is 11.1 Å². The zero-order valence-electron chi connectivity index (χ0n) is 11.7. The predicted octanol–water partition coefficient (Wildman–Crippen LogP) is 1.58. The lowest BCUT2D eigenvalue weighted by molar-refractivity contribution is -0.117. The molecule has 116 valence electrons. The molecule has 8 heteroatoms. The summed E-state index contributed by atoms with van der Waals surface area (Å²) >= 11 is 1.07. The van der Waals surface area contributed by atoms with Gasteiger partial charge in [0, 0.05) is 5.38 Å². The summed E-state index contributed by atoms with van der Waals surface area (Å²) in [6.07, 6.45) is 0.0632. The number of esters is 1. The molecule has 2 aromatic rings. The van der Waals surface area contributed by atoms with E-state index >= 15 is 0 Å². The van der Waals surface area contributed by atoms with Crippen LogP contribution in [-0.2, 0) is 16.0 Å². The average Bonchev–Trinajstić information content (AvgIpc) is 2.97. The zero-order chi connectivity index (χ0) is 16.1. The quantitative estimate of drug-likeness (QED) is 0.815. The van der Waals surface area contributed by atoms with Crippen LogP contribution in [0.15, 0.2) is 29.6 Å². The van der Waals surface area contributed by atoms with Gasteiger partial charge in [-0.05, 0) is 18.1 Å². The lowest BCUT2D eigenvalue weighted by Gasteiger charge is -2.11. The Bertz CT molecular complexity index is 689. The largest absolute Gasteiger partial charge is 0.464 e. The molecule has 1 heterocycles. The van der Waals surface area contributed by atoms with Crippen molar-refractivity contribution in [1.82, 2.24) is 4.98 Å². The summed E-state index contributed by atoms with van der Waals surface area (Å²) in [5, 5.41) is 4.19. The molecule has 0 saturated carbocycles. The molecule has 1 aromatic heterocycles. The molecule has 0 radical (unpaired) electrons. The lowest BCUT2D eigenvalue weighted by Crippen LogP contribution is -2.37. The molecule has 0 saturated heterocycles. The standard InChI is InChI=1S/C14H14FN3O3S/c1-21-13(20)11-7-22-14(17-11)18-12(19)10(16)6-8-4-2-3-5-9(8)15/h2-5,7,10H,6,16H2,1H3,(H,17,18,19)/t10-/m0/s1. The number of rotatable bonds is 5. The second-order valence-electron chi connectivity index (χ2n) is 4.42. The fourth-order valence-corrected chi connectivity index (χ4v) is 2.40. The average molecular weight is 323 g/mol. The van der Waals surface area contributed by atoms with Gasteiger partial charge >= 0.3 is 5.97 Å². The molecule has 0 bridgehead atoms. The van der Waals surface area contributed by atoms with Crippen LogP contribution in [0.4, 0.5) is 9.52 Å². The van der Waals surface area contributed by atoms with Gasteiger partial charge in [-0.3, -0.25) is 4.79 Å². The number of ether oxygens (including phenoxy) is 1. The van der Waals surface area contributed by atoms with Gasteiger partial charge in [0.25, 0.3) is 0 Å². The summed E-state index contributed by atoms with van der Waals surface area (Å²) < 4.78 is 18.0. The van der Waals surface area contributed by atoms with Gasteiger partial charge in [0.1, 0.15) is 5.82 Å². The Hall–Kier alpha value is -2.32. The van der Waals surface area contributed by atoms with Crippen LogP contribution in [-0.4, -0.2) is 30.0 Å². The summed E-state index contributed by atoms with van der Waals surface area (Å²) in [6.45, 7) is 0. The monoisotopic (exact) mass is 323 g/mol. The van der Waals surface area contributed by atoms with Crippen molar-refractivity contribution in [2.24, 2.45) is 5.73 Å². The maximum atomic E-state index is 13.5. The number of amides is 1. The fraction of sp³-hybridized carbons (Fsp3) is 0.214. The highest BCUT2D eigenvalue weighted by Gasteiger charge is 2.18. The van der Waals surface area contributed by atoms with E-state index in [9.17, 15) is 14.0 Å². The van der Waals surface area contributed by atoms with E-state index in [-0.39, 0.29) is 17.2 Å². The highest BCUT2D eigenvalue weighted by Crippen LogP contribution is 2.16. The van der Waals surface area contributed by atoms with Gasteiger partial charge in [-0.2, -0.15) is 0 Å². The number of methoxy groups -OCH3 is 1. The van der Waals surface area contributed by atoms with Crippen LogP contribution in [0.2, 0.25) is 0 Å². The molecule has 1 atom stereocenters. The molecule has 6 nitrogen and oxygen atoms in total. The minimum absolute atomic E-state index is 0.0632. The van der Waals surface area contributed by atoms with Crippen molar-refractivity contribution in [3.63, 3.8) is 0 Å². The normalized spacial score (nSPS) is 11.8. The SMILES string of the molecule is COC(=O)c1csc(NC(=O)[C@@H](N)Cc2ccccc2F)n1. The second-order valence-corrected chi connectivity index (χ2v) is 5.28. The number of nitrogens with two attached hydrogens (primary N) is 1. The topological polar surface area (TPSA) is 94.3 Å². The van der Waals surface area contributed by atoms with Crippen molar-refractivity contribution in [2.75, 3.05) is 12.4 Å². The van der Waals surface area contributed by atoms with E-state index in [1.54, 1.807) is 18.2 Å². The number of hydrogen-bond donors (Lipinski definition) is 2. The second kappa shape index (κ2) is 7.10. The minimum Gasteiger partial charge on any atom is -0.464 e. The van der Waals surface area contributed by atoms with E-state index in [1.807, 2.05) is 0 Å². The highest BCUT2D eigenvalue weighted by molar-refractivity contribution is 7.14. The molecule has 0 aliphatic carbocycles. The Labute approximate surface area is 130 Å². The Morgan fingerprint density at radius 1 is 1.45 bits per heavy atom. The third kappa shape index (κ3) is 3.86. The molecule has 1 aromatic carbocycles. The van der Waals surface area contributed by atoms with E-state index < -0.39 is 23.7 Å². The van der Waals surface area contributed by atoms with E-state index in [0.29, 0.717) is 5.56 Å². The number of halogens is 1. The van der Waals surface area contributed by atoms with E-state index in [2.05, 4.69) is 15.0 Å². The summed E-state index contributed by atoms with van der Waals surface area (Å²) in [6, 6.07) is 5.19. The summed E-state index contributed by atoms with van der Waals surface area (Å²) in [5.74, 6) is -1.51. The van der Waals surface area contributed by atoms with Gasteiger partial charge in [-0.25, -0.2) is 14.2 Å². The number of hydrogen-bond acceptors (Lipinski definition) is 6. The van der Waals surface area contributed by atoms with Crippen LogP contribution in [0, 0.1) is 5.82 Å². The van der Waals surface area contributed by atoms with Gasteiger partial charge in [-0.1, -0.05) is 18.2 Å². The lowest BCUT2D eigenvalue weighted by atomic mass is 10.1. The fourth-order valence-electron chi connectivity index (χ4n) is 1.72. The first-order valence-corrected chi connectivity index (χ1v) is 7.23. The number of carbonyl (C=O) groups is 2. The molecular weight excluding hydrogens is 309 g/mol. The maximum Gasteiger partial charge on any atom is 0.357 e. The van der Waals surface area contributed by atoms with Crippen molar-refractivity contribution >= 4 is 28.3 Å². The van der Waals surface area contributed by atoms with Gasteiger partial charge in [0.15, 0.2) is 10.8 Å².